The molecule has 74 valence electrons. The number of hydrogen-bond donors (Lipinski definition) is 1. The maximum atomic E-state index is 11.1. The minimum absolute atomic E-state index is 0.0914. The number of esters is 1. The number of ether oxygens (including phenoxy) is 1. The van der Waals surface area contributed by atoms with Crippen LogP contribution in [-0.4, -0.2) is 58.4 Å². The van der Waals surface area contributed by atoms with Crippen molar-refractivity contribution in [1.82, 2.24) is 5.32 Å². The first-order valence-electron chi connectivity index (χ1n) is 3.87. The van der Waals surface area contributed by atoms with Crippen LogP contribution in [0.2, 0.25) is 0 Å². The molecule has 13 heavy (non-hydrogen) atoms. The van der Waals surface area contributed by atoms with Crippen molar-refractivity contribution in [2.24, 2.45) is 0 Å². The Labute approximate surface area is 78.9 Å². The van der Waals surface area contributed by atoms with Crippen LogP contribution < -0.4 is 5.32 Å². The molecule has 0 saturated heterocycles. The highest BCUT2D eigenvalue weighted by molar-refractivity contribution is 6.67. The summed E-state index contributed by atoms with van der Waals surface area (Å²) < 4.78 is 4.77. The lowest BCUT2D eigenvalue weighted by Gasteiger charge is -2.37. The van der Waals surface area contributed by atoms with E-state index in [1.165, 1.54) is 14.5 Å². The van der Waals surface area contributed by atoms with E-state index in [9.17, 15) is 9.59 Å². The van der Waals surface area contributed by atoms with Gasteiger partial charge in [-0.05, 0) is 0 Å². The van der Waals surface area contributed by atoms with Crippen molar-refractivity contribution in [2.75, 3.05) is 34.8 Å². The first-order chi connectivity index (χ1) is 5.85. The second-order valence-corrected chi connectivity index (χ2v) is 3.54. The maximum Gasteiger partial charge on any atom is 0.325 e. The highest BCUT2D eigenvalue weighted by Crippen LogP contribution is 1.85. The van der Waals surface area contributed by atoms with Crippen LogP contribution in [0.15, 0.2) is 0 Å². The molecule has 0 aliphatic rings. The molecule has 0 unspecified atom stereocenters. The van der Waals surface area contributed by atoms with Crippen LogP contribution in [0.5, 0.6) is 0 Å². The standard InChI is InChI=1S/C7H14BN2O3/c1-10(2,3)8-7(12)9-5-6(11)13-4/h5H2,1-4H3/q-1/p+1. The summed E-state index contributed by atoms with van der Waals surface area (Å²) in [5.74, 6) is -0.735. The summed E-state index contributed by atoms with van der Waals surface area (Å²) in [6, 6.07) is 0. The maximum absolute atomic E-state index is 11.1. The van der Waals surface area contributed by atoms with Crippen LogP contribution in [-0.2, 0) is 9.53 Å². The van der Waals surface area contributed by atoms with E-state index in [1.54, 1.807) is 0 Å². The summed E-state index contributed by atoms with van der Waals surface area (Å²) in [5, 5.41) is 2.41. The minimum Gasteiger partial charge on any atom is -0.560 e. The number of carbonyl (C=O) groups excluding carboxylic acids is 2. The number of hydrogen-bond acceptors (Lipinski definition) is 3. The van der Waals surface area contributed by atoms with Gasteiger partial charge in [0.2, 0.25) is 0 Å². The third-order valence-corrected chi connectivity index (χ3v) is 1.14. The predicted octanol–water partition coefficient (Wildman–Crippen LogP) is -0.806. The average Bonchev–Trinajstić information content (AvgIpc) is 1.97. The van der Waals surface area contributed by atoms with Gasteiger partial charge in [-0.3, -0.25) is 4.79 Å². The fourth-order valence-corrected chi connectivity index (χ4v) is 0.629. The largest absolute Gasteiger partial charge is 0.560 e. The highest BCUT2D eigenvalue weighted by Gasteiger charge is 2.04. The Morgan fingerprint density at radius 3 is 2.31 bits per heavy atom. The van der Waals surface area contributed by atoms with Crippen molar-refractivity contribution >= 4 is 19.2 Å². The number of quaternary nitrogens is 1. The quantitative estimate of drug-likeness (QED) is 0.461. The topological polar surface area (TPSA) is 55.4 Å². The van der Waals surface area contributed by atoms with E-state index >= 15 is 0 Å². The molecule has 0 rings (SSSR count). The number of carbonyl (C=O) groups is 2. The Hall–Kier alpha value is -1.04. The Balaban J connectivity index is 3.71. The molecule has 0 saturated carbocycles. The molecule has 0 bridgehead atoms. The van der Waals surface area contributed by atoms with Gasteiger partial charge in [-0.25, -0.2) is 0 Å². The summed E-state index contributed by atoms with van der Waals surface area (Å²) in [4.78, 5) is 21.7. The zero-order valence-corrected chi connectivity index (χ0v) is 8.46. The lowest BCUT2D eigenvalue weighted by atomic mass is 9.88. The van der Waals surface area contributed by atoms with E-state index in [1.807, 2.05) is 21.1 Å². The van der Waals surface area contributed by atoms with Gasteiger partial charge in [-0.1, -0.05) is 0 Å². The molecular formula is C7H15BN2O3. The lowest BCUT2D eigenvalue weighted by molar-refractivity contribution is -0.753. The lowest BCUT2D eigenvalue weighted by Crippen LogP contribution is -2.47. The van der Waals surface area contributed by atoms with Gasteiger partial charge in [-0.2, -0.15) is 0 Å². The molecule has 6 heteroatoms. The molecule has 2 radical (unpaired) electrons. The normalized spacial score (nSPS) is 10.8. The molecule has 0 aromatic heterocycles. The van der Waals surface area contributed by atoms with Crippen molar-refractivity contribution < 1.29 is 18.7 Å². The average molecular weight is 186 g/mol. The molecule has 0 aromatic carbocycles. The molecule has 5 nitrogen and oxygen atoms in total. The summed E-state index contributed by atoms with van der Waals surface area (Å²) in [6.07, 6.45) is 0. The molecule has 0 atom stereocenters. The molecule has 0 heterocycles. The third kappa shape index (κ3) is 7.33. The van der Waals surface area contributed by atoms with Crippen LogP contribution in [0.1, 0.15) is 0 Å². The fourth-order valence-electron chi connectivity index (χ4n) is 0.629. The van der Waals surface area contributed by atoms with Crippen LogP contribution >= 0.6 is 0 Å². The van der Waals surface area contributed by atoms with Crippen molar-refractivity contribution in [3.05, 3.63) is 0 Å². The molecule has 0 aliphatic heterocycles. The van der Waals surface area contributed by atoms with E-state index in [0.717, 1.165) is 0 Å². The van der Waals surface area contributed by atoms with Crippen molar-refractivity contribution in [3.8, 4) is 0 Å². The van der Waals surface area contributed by atoms with Crippen LogP contribution in [0.3, 0.4) is 0 Å². The first-order valence-corrected chi connectivity index (χ1v) is 3.87. The number of rotatable bonds is 4. The van der Waals surface area contributed by atoms with Crippen molar-refractivity contribution in [2.45, 2.75) is 0 Å². The second kappa shape index (κ2) is 4.86. The van der Waals surface area contributed by atoms with Gasteiger partial charge in [0.05, 0.1) is 7.11 Å². The molecule has 1 N–H and O–H groups in total. The summed E-state index contributed by atoms with van der Waals surface area (Å²) in [7, 11) is 8.27. The summed E-state index contributed by atoms with van der Waals surface area (Å²) >= 11 is 0. The van der Waals surface area contributed by atoms with Gasteiger partial charge < -0.3 is 19.2 Å². The smallest absolute Gasteiger partial charge is 0.325 e. The zero-order valence-electron chi connectivity index (χ0n) is 8.46. The molecule has 0 aliphatic carbocycles. The predicted molar refractivity (Wildman–Crippen MR) is 49.2 cm³/mol. The highest BCUT2D eigenvalue weighted by atomic mass is 16.5. The van der Waals surface area contributed by atoms with Gasteiger partial charge in [0, 0.05) is 26.9 Å². The molecule has 1 amide bonds. The molecular weight excluding hydrogens is 171 g/mol. The van der Waals surface area contributed by atoms with Gasteiger partial charge in [0.25, 0.3) is 0 Å². The Morgan fingerprint density at radius 2 is 1.92 bits per heavy atom. The second-order valence-electron chi connectivity index (χ2n) is 3.54. The van der Waals surface area contributed by atoms with E-state index in [0.29, 0.717) is 4.39 Å². The van der Waals surface area contributed by atoms with Crippen LogP contribution in [0, 0.1) is 0 Å². The van der Waals surface area contributed by atoms with Gasteiger partial charge in [0.15, 0.2) is 0 Å². The number of methoxy groups -OCH3 is 1. The fraction of sp³-hybridized carbons (Fsp3) is 0.714. The molecule has 0 spiro atoms. The van der Waals surface area contributed by atoms with Crippen LogP contribution in [0.25, 0.3) is 0 Å². The van der Waals surface area contributed by atoms with E-state index in [-0.39, 0.29) is 12.4 Å². The van der Waals surface area contributed by atoms with Crippen LogP contribution in [0.4, 0.5) is 4.79 Å². The molecule has 0 fully saturated rings. The minimum atomic E-state index is -0.455. The Bertz CT molecular complexity index is 200. The number of amides is 1. The van der Waals surface area contributed by atoms with Gasteiger partial charge in [0.1, 0.15) is 14.0 Å². The zero-order chi connectivity index (χ0) is 10.5. The summed E-state index contributed by atoms with van der Waals surface area (Å²) in [5.41, 5.74) is 0. The van der Waals surface area contributed by atoms with E-state index < -0.39 is 5.97 Å². The van der Waals surface area contributed by atoms with Crippen molar-refractivity contribution in [1.29, 1.82) is 0 Å². The first kappa shape index (κ1) is 12.0. The number of nitrogens with one attached hydrogen (secondary N) is 1. The van der Waals surface area contributed by atoms with Crippen molar-refractivity contribution in [3.63, 3.8) is 0 Å². The van der Waals surface area contributed by atoms with E-state index in [4.69, 9.17) is 0 Å². The summed E-state index contributed by atoms with van der Waals surface area (Å²) in [6.45, 7) is -0.0914. The van der Waals surface area contributed by atoms with E-state index in [2.05, 4.69) is 10.1 Å². The monoisotopic (exact) mass is 186 g/mol. The third-order valence-electron chi connectivity index (χ3n) is 1.14. The molecule has 0 aromatic rings. The van der Waals surface area contributed by atoms with Gasteiger partial charge in [-0.15, -0.1) is 0 Å². The Kier molecular flexibility index (Phi) is 4.47. The Morgan fingerprint density at radius 1 is 1.38 bits per heavy atom. The number of nitrogens with zero attached hydrogens (tertiary/aromatic N) is 1. The van der Waals surface area contributed by atoms with Gasteiger partial charge >= 0.3 is 5.97 Å². The SMILES string of the molecule is COC(=O)CNC(=O)[B-][N+](C)(C)C.